The number of carbonyl (C=O) groups excluding carboxylic acids is 2. The van der Waals surface area contributed by atoms with Crippen molar-refractivity contribution < 1.29 is 28.4 Å². The van der Waals surface area contributed by atoms with Crippen LogP contribution in [0.3, 0.4) is 0 Å². The number of hydrogen-bond acceptors (Lipinski definition) is 6. The molecule has 2 aromatic carbocycles. The highest BCUT2D eigenvalue weighted by Crippen LogP contribution is 2.32. The Morgan fingerprint density at radius 3 is 2.07 bits per heavy atom. The summed E-state index contributed by atoms with van der Waals surface area (Å²) >= 11 is 0. The van der Waals surface area contributed by atoms with Gasteiger partial charge in [0.15, 0.2) is 0 Å². The highest BCUT2D eigenvalue weighted by atomic mass is 19.1. The lowest BCUT2D eigenvalue weighted by molar-refractivity contribution is -0.384. The van der Waals surface area contributed by atoms with E-state index < -0.39 is 22.7 Å². The lowest BCUT2D eigenvalue weighted by atomic mass is 10.1. The van der Waals surface area contributed by atoms with E-state index in [1.807, 2.05) is 0 Å². The molecule has 1 heterocycles. The Morgan fingerprint density at radius 2 is 1.55 bits per heavy atom. The summed E-state index contributed by atoms with van der Waals surface area (Å²) in [5.41, 5.74) is 0.953. The molecule has 3 rings (SSSR count). The maximum Gasteiger partial charge on any atom is 0.355 e. The fourth-order valence-electron chi connectivity index (χ4n) is 2.90. The molecule has 0 amide bonds. The zero-order chi connectivity index (χ0) is 21.1. The molecular formula is C20H15FN2O6. The van der Waals surface area contributed by atoms with E-state index in [-0.39, 0.29) is 16.9 Å². The number of halogens is 1. The molecule has 0 spiro atoms. The number of ether oxygens (including phenoxy) is 2. The van der Waals surface area contributed by atoms with Gasteiger partial charge in [0.05, 0.1) is 30.4 Å². The molecule has 0 atom stereocenters. The largest absolute Gasteiger partial charge is 0.465 e. The summed E-state index contributed by atoms with van der Waals surface area (Å²) in [4.78, 5) is 35.2. The van der Waals surface area contributed by atoms with E-state index in [0.29, 0.717) is 16.9 Å². The molecule has 0 saturated heterocycles. The molecule has 0 N–H and O–H groups in total. The van der Waals surface area contributed by atoms with Crippen LogP contribution in [0.15, 0.2) is 54.6 Å². The highest BCUT2D eigenvalue weighted by Gasteiger charge is 2.28. The highest BCUT2D eigenvalue weighted by molar-refractivity contribution is 6.04. The molecule has 8 nitrogen and oxygen atoms in total. The molecule has 0 aliphatic heterocycles. The molecule has 29 heavy (non-hydrogen) atoms. The number of nitro groups is 1. The van der Waals surface area contributed by atoms with Crippen LogP contribution in [0.1, 0.15) is 20.8 Å². The second-order valence-electron chi connectivity index (χ2n) is 5.89. The summed E-state index contributed by atoms with van der Waals surface area (Å²) in [6.07, 6.45) is 0. The summed E-state index contributed by atoms with van der Waals surface area (Å²) in [6, 6.07) is 12.2. The van der Waals surface area contributed by atoms with Gasteiger partial charge in [0.1, 0.15) is 11.5 Å². The van der Waals surface area contributed by atoms with Gasteiger partial charge < -0.3 is 14.0 Å². The molecule has 0 bridgehead atoms. The molecule has 9 heteroatoms. The lowest BCUT2D eigenvalue weighted by Gasteiger charge is -2.13. The van der Waals surface area contributed by atoms with E-state index in [1.54, 1.807) is 0 Å². The molecular weight excluding hydrogens is 383 g/mol. The molecule has 0 unspecified atom stereocenters. The molecule has 0 aliphatic rings. The second kappa shape index (κ2) is 7.93. The summed E-state index contributed by atoms with van der Waals surface area (Å²) < 4.78 is 24.4. The van der Waals surface area contributed by atoms with Gasteiger partial charge in [-0.15, -0.1) is 0 Å². The van der Waals surface area contributed by atoms with Gasteiger partial charge in [0, 0.05) is 17.8 Å². The Kier molecular flexibility index (Phi) is 5.40. The quantitative estimate of drug-likeness (QED) is 0.368. The maximum atomic E-state index is 13.4. The zero-order valence-electron chi connectivity index (χ0n) is 15.4. The Bertz CT molecular complexity index is 1090. The van der Waals surface area contributed by atoms with Crippen molar-refractivity contribution in [3.63, 3.8) is 0 Å². The summed E-state index contributed by atoms with van der Waals surface area (Å²) in [5, 5.41) is 10.9. The van der Waals surface area contributed by atoms with Crippen molar-refractivity contribution in [3.05, 3.63) is 81.8 Å². The van der Waals surface area contributed by atoms with E-state index in [2.05, 4.69) is 0 Å². The van der Waals surface area contributed by atoms with Crippen molar-refractivity contribution in [1.82, 2.24) is 4.57 Å². The van der Waals surface area contributed by atoms with Crippen LogP contribution in [0.5, 0.6) is 0 Å². The number of nitrogens with zero attached hydrogens (tertiary/aromatic N) is 2. The predicted molar refractivity (Wildman–Crippen MR) is 100 cm³/mol. The standard InChI is InChI=1S/C20H15FN2O6/c1-28-19(24)16-11-17(12-3-7-15(8-4-12)23(26)27)22(18(16)20(25)29-2)14-9-5-13(21)6-10-14/h3-11H,1-2H3. The number of methoxy groups -OCH3 is 2. The molecule has 0 saturated carbocycles. The average Bonchev–Trinajstić information content (AvgIpc) is 3.13. The monoisotopic (exact) mass is 398 g/mol. The van der Waals surface area contributed by atoms with E-state index in [0.717, 1.165) is 7.11 Å². The van der Waals surface area contributed by atoms with Crippen molar-refractivity contribution in [1.29, 1.82) is 0 Å². The number of non-ortho nitro benzene ring substituents is 1. The smallest absolute Gasteiger partial charge is 0.355 e. The molecule has 0 radical (unpaired) electrons. The molecule has 1 aromatic heterocycles. The van der Waals surface area contributed by atoms with Crippen molar-refractivity contribution in [2.45, 2.75) is 0 Å². The Morgan fingerprint density at radius 1 is 0.966 bits per heavy atom. The first-order chi connectivity index (χ1) is 13.9. The lowest BCUT2D eigenvalue weighted by Crippen LogP contribution is -2.15. The van der Waals surface area contributed by atoms with Gasteiger partial charge >= 0.3 is 11.9 Å². The van der Waals surface area contributed by atoms with Crippen molar-refractivity contribution in [2.24, 2.45) is 0 Å². The first-order valence-electron chi connectivity index (χ1n) is 8.30. The average molecular weight is 398 g/mol. The van der Waals surface area contributed by atoms with Gasteiger partial charge in [-0.1, -0.05) is 0 Å². The van der Waals surface area contributed by atoms with Crippen LogP contribution in [0.4, 0.5) is 10.1 Å². The Hall–Kier alpha value is -4.01. The van der Waals surface area contributed by atoms with Crippen LogP contribution in [0.25, 0.3) is 16.9 Å². The Balaban J connectivity index is 2.32. The SMILES string of the molecule is COC(=O)c1cc(-c2ccc([N+](=O)[O-])cc2)n(-c2ccc(F)cc2)c1C(=O)OC. The molecule has 0 fully saturated rings. The van der Waals surface area contributed by atoms with E-state index in [1.165, 1.54) is 66.3 Å². The third kappa shape index (κ3) is 3.70. The topological polar surface area (TPSA) is 101 Å². The zero-order valence-corrected chi connectivity index (χ0v) is 15.4. The van der Waals surface area contributed by atoms with Gasteiger partial charge in [0.25, 0.3) is 5.69 Å². The fraction of sp³-hybridized carbons (Fsp3) is 0.100. The minimum atomic E-state index is -0.803. The molecule has 3 aromatic rings. The van der Waals surface area contributed by atoms with Crippen LogP contribution < -0.4 is 0 Å². The minimum Gasteiger partial charge on any atom is -0.465 e. The minimum absolute atomic E-state index is 0.0583. The number of nitro benzene ring substituents is 1. The van der Waals surface area contributed by atoms with Gasteiger partial charge in [-0.3, -0.25) is 10.1 Å². The van der Waals surface area contributed by atoms with E-state index in [4.69, 9.17) is 9.47 Å². The van der Waals surface area contributed by atoms with Crippen molar-refractivity contribution >= 4 is 17.6 Å². The number of hydrogen-bond donors (Lipinski definition) is 0. The predicted octanol–water partition coefficient (Wildman–Crippen LogP) is 3.76. The van der Waals surface area contributed by atoms with Crippen LogP contribution in [0.2, 0.25) is 0 Å². The van der Waals surface area contributed by atoms with Gasteiger partial charge in [-0.2, -0.15) is 0 Å². The summed E-state index contributed by atoms with van der Waals surface area (Å²) in [6.45, 7) is 0. The third-order valence-electron chi connectivity index (χ3n) is 4.24. The first kappa shape index (κ1) is 19.7. The second-order valence-corrected chi connectivity index (χ2v) is 5.89. The Labute approximate surface area is 164 Å². The number of rotatable bonds is 5. The van der Waals surface area contributed by atoms with Crippen LogP contribution >= 0.6 is 0 Å². The normalized spacial score (nSPS) is 10.4. The molecule has 148 valence electrons. The van der Waals surface area contributed by atoms with Crippen molar-refractivity contribution in [3.8, 4) is 16.9 Å². The van der Waals surface area contributed by atoms with E-state index in [9.17, 15) is 24.1 Å². The summed E-state index contributed by atoms with van der Waals surface area (Å²) in [7, 11) is 2.33. The number of aromatic nitrogens is 1. The van der Waals surface area contributed by atoms with Crippen LogP contribution in [0, 0.1) is 15.9 Å². The number of carbonyl (C=O) groups is 2. The number of esters is 2. The van der Waals surface area contributed by atoms with Crippen LogP contribution in [-0.2, 0) is 9.47 Å². The van der Waals surface area contributed by atoms with Gasteiger partial charge in [-0.05, 0) is 48.0 Å². The third-order valence-corrected chi connectivity index (χ3v) is 4.24. The van der Waals surface area contributed by atoms with Gasteiger partial charge in [-0.25, -0.2) is 14.0 Å². The van der Waals surface area contributed by atoms with Crippen LogP contribution in [-0.4, -0.2) is 35.6 Å². The maximum absolute atomic E-state index is 13.4. The fourth-order valence-corrected chi connectivity index (χ4v) is 2.90. The summed E-state index contributed by atoms with van der Waals surface area (Å²) in [5.74, 6) is -2.05. The molecule has 0 aliphatic carbocycles. The van der Waals surface area contributed by atoms with Gasteiger partial charge in [0.2, 0.25) is 0 Å². The first-order valence-corrected chi connectivity index (χ1v) is 8.30. The van der Waals surface area contributed by atoms with E-state index >= 15 is 0 Å². The van der Waals surface area contributed by atoms with Crippen molar-refractivity contribution in [2.75, 3.05) is 14.2 Å². The number of benzene rings is 2.